The van der Waals surface area contributed by atoms with Crippen LogP contribution in [0.2, 0.25) is 0 Å². The Hall–Kier alpha value is -0.200. The molecule has 0 aromatic heterocycles. The fraction of sp³-hybridized carbons (Fsp3) is 1.00. The van der Waals surface area contributed by atoms with Gasteiger partial charge in [-0.05, 0) is 7.05 Å². The summed E-state index contributed by atoms with van der Waals surface area (Å²) in [4.78, 5) is 8.83. The molecule has 0 aliphatic carbocycles. The summed E-state index contributed by atoms with van der Waals surface area (Å²) in [5.74, 6) is 0. The standard InChI is InChI=1S/C9H21N3O2/c1-10-2-3-11-4-6-12(7-5-11)8-9-14-13/h10,13H,2-9H2,1H3. The van der Waals surface area contributed by atoms with Crippen molar-refractivity contribution in [3.8, 4) is 0 Å². The number of hydrogen-bond acceptors (Lipinski definition) is 5. The van der Waals surface area contributed by atoms with Crippen LogP contribution in [0.1, 0.15) is 0 Å². The average molecular weight is 203 g/mol. The van der Waals surface area contributed by atoms with Crippen molar-refractivity contribution >= 4 is 0 Å². The topological polar surface area (TPSA) is 48.0 Å². The van der Waals surface area contributed by atoms with Crippen molar-refractivity contribution < 1.29 is 10.1 Å². The first-order chi connectivity index (χ1) is 6.86. The molecule has 0 bridgehead atoms. The van der Waals surface area contributed by atoms with E-state index in [1.165, 1.54) is 0 Å². The number of rotatable bonds is 6. The zero-order chi connectivity index (χ0) is 10.2. The molecule has 0 aromatic rings. The Labute approximate surface area is 85.6 Å². The lowest BCUT2D eigenvalue weighted by Gasteiger charge is -2.34. The summed E-state index contributed by atoms with van der Waals surface area (Å²) in [7, 11) is 1.98. The molecule has 1 heterocycles. The van der Waals surface area contributed by atoms with E-state index >= 15 is 0 Å². The van der Waals surface area contributed by atoms with Gasteiger partial charge in [-0.25, -0.2) is 4.89 Å². The summed E-state index contributed by atoms with van der Waals surface area (Å²) in [5, 5.41) is 11.4. The van der Waals surface area contributed by atoms with Gasteiger partial charge >= 0.3 is 0 Å². The molecule has 1 saturated heterocycles. The largest absolute Gasteiger partial charge is 0.318 e. The van der Waals surface area contributed by atoms with Crippen molar-refractivity contribution in [1.29, 1.82) is 0 Å². The van der Waals surface area contributed by atoms with E-state index in [1.54, 1.807) is 0 Å². The van der Waals surface area contributed by atoms with Crippen LogP contribution in [0.5, 0.6) is 0 Å². The fourth-order valence-corrected chi connectivity index (χ4v) is 1.68. The van der Waals surface area contributed by atoms with Crippen LogP contribution in [0.25, 0.3) is 0 Å². The van der Waals surface area contributed by atoms with E-state index in [9.17, 15) is 0 Å². The Balaban J connectivity index is 2.05. The van der Waals surface area contributed by atoms with E-state index in [-0.39, 0.29) is 0 Å². The van der Waals surface area contributed by atoms with Gasteiger partial charge in [0.1, 0.15) is 0 Å². The van der Waals surface area contributed by atoms with Crippen LogP contribution in [0.4, 0.5) is 0 Å². The molecule has 1 aliphatic rings. The minimum atomic E-state index is 0.413. The van der Waals surface area contributed by atoms with Crippen LogP contribution in [-0.2, 0) is 4.89 Å². The smallest absolute Gasteiger partial charge is 0.0946 e. The SMILES string of the molecule is CNCCN1CCN(CCOO)CC1. The van der Waals surface area contributed by atoms with E-state index in [0.717, 1.165) is 45.8 Å². The van der Waals surface area contributed by atoms with E-state index in [4.69, 9.17) is 5.26 Å². The van der Waals surface area contributed by atoms with E-state index < -0.39 is 0 Å². The first-order valence-electron chi connectivity index (χ1n) is 5.22. The molecule has 0 saturated carbocycles. The van der Waals surface area contributed by atoms with E-state index in [1.807, 2.05) is 7.05 Å². The second-order valence-electron chi connectivity index (χ2n) is 3.62. The van der Waals surface area contributed by atoms with Gasteiger partial charge in [-0.15, -0.1) is 0 Å². The quantitative estimate of drug-likeness (QED) is 0.442. The van der Waals surface area contributed by atoms with Crippen LogP contribution in [0.3, 0.4) is 0 Å². The second kappa shape index (κ2) is 7.14. The molecule has 1 aliphatic heterocycles. The Kier molecular flexibility index (Phi) is 6.05. The Morgan fingerprint density at radius 3 is 2.21 bits per heavy atom. The zero-order valence-electron chi connectivity index (χ0n) is 8.91. The molecular weight excluding hydrogens is 182 g/mol. The number of nitrogens with zero attached hydrogens (tertiary/aromatic N) is 2. The van der Waals surface area contributed by atoms with Gasteiger partial charge in [0.15, 0.2) is 0 Å². The molecule has 84 valence electrons. The minimum Gasteiger partial charge on any atom is -0.318 e. The Morgan fingerprint density at radius 1 is 1.14 bits per heavy atom. The summed E-state index contributed by atoms with van der Waals surface area (Å²) < 4.78 is 0. The van der Waals surface area contributed by atoms with Gasteiger partial charge in [0.2, 0.25) is 0 Å². The highest BCUT2D eigenvalue weighted by atomic mass is 17.1. The van der Waals surface area contributed by atoms with E-state index in [2.05, 4.69) is 20.0 Å². The van der Waals surface area contributed by atoms with Crippen LogP contribution in [0.15, 0.2) is 0 Å². The third-order valence-electron chi connectivity index (χ3n) is 2.64. The van der Waals surface area contributed by atoms with Gasteiger partial charge in [-0.1, -0.05) is 0 Å². The van der Waals surface area contributed by atoms with Crippen molar-refractivity contribution in [2.24, 2.45) is 0 Å². The van der Waals surface area contributed by atoms with Crippen molar-refractivity contribution in [3.63, 3.8) is 0 Å². The molecule has 0 radical (unpaired) electrons. The second-order valence-corrected chi connectivity index (χ2v) is 3.62. The number of nitrogens with one attached hydrogen (secondary N) is 1. The summed E-state index contributed by atoms with van der Waals surface area (Å²) >= 11 is 0. The first-order valence-corrected chi connectivity index (χ1v) is 5.22. The Bertz CT molecular complexity index is 122. The predicted octanol–water partition coefficient (Wildman–Crippen LogP) is -0.687. The van der Waals surface area contributed by atoms with Gasteiger partial charge in [0.05, 0.1) is 6.61 Å². The third kappa shape index (κ3) is 4.34. The van der Waals surface area contributed by atoms with Crippen molar-refractivity contribution in [1.82, 2.24) is 15.1 Å². The normalized spacial score (nSPS) is 20.1. The van der Waals surface area contributed by atoms with Crippen molar-refractivity contribution in [2.45, 2.75) is 0 Å². The molecule has 5 nitrogen and oxygen atoms in total. The van der Waals surface area contributed by atoms with Crippen molar-refractivity contribution in [3.05, 3.63) is 0 Å². The lowest BCUT2D eigenvalue weighted by Crippen LogP contribution is -2.48. The zero-order valence-corrected chi connectivity index (χ0v) is 8.91. The third-order valence-corrected chi connectivity index (χ3v) is 2.64. The van der Waals surface area contributed by atoms with Gasteiger partial charge in [0, 0.05) is 45.8 Å². The molecule has 1 fully saturated rings. The van der Waals surface area contributed by atoms with Crippen LogP contribution in [-0.4, -0.2) is 74.5 Å². The van der Waals surface area contributed by atoms with Crippen LogP contribution in [0, 0.1) is 0 Å². The highest BCUT2D eigenvalue weighted by Gasteiger charge is 2.15. The maximum atomic E-state index is 8.22. The van der Waals surface area contributed by atoms with Gasteiger partial charge < -0.3 is 5.32 Å². The lowest BCUT2D eigenvalue weighted by molar-refractivity contribution is -0.244. The Morgan fingerprint density at radius 2 is 1.71 bits per heavy atom. The highest BCUT2D eigenvalue weighted by Crippen LogP contribution is 2.00. The molecule has 0 atom stereocenters. The maximum absolute atomic E-state index is 8.22. The summed E-state index contributed by atoms with van der Waals surface area (Å²) in [5.41, 5.74) is 0. The number of hydrogen-bond donors (Lipinski definition) is 2. The predicted molar refractivity (Wildman–Crippen MR) is 55.4 cm³/mol. The van der Waals surface area contributed by atoms with Crippen LogP contribution < -0.4 is 5.32 Å². The van der Waals surface area contributed by atoms with Gasteiger partial charge in [-0.3, -0.25) is 15.1 Å². The minimum absolute atomic E-state index is 0.413. The molecule has 0 amide bonds. The number of piperazine rings is 1. The highest BCUT2D eigenvalue weighted by molar-refractivity contribution is 4.71. The first kappa shape index (κ1) is 11.9. The fourth-order valence-electron chi connectivity index (χ4n) is 1.68. The molecule has 1 rings (SSSR count). The molecule has 0 spiro atoms. The maximum Gasteiger partial charge on any atom is 0.0946 e. The summed E-state index contributed by atoms with van der Waals surface area (Å²) in [6.45, 7) is 7.81. The van der Waals surface area contributed by atoms with Gasteiger partial charge in [0.25, 0.3) is 0 Å². The molecule has 5 heteroatoms. The number of likely N-dealkylation sites (N-methyl/N-ethyl adjacent to an activating group) is 1. The average Bonchev–Trinajstić information content (AvgIpc) is 2.25. The molecule has 0 unspecified atom stereocenters. The summed E-state index contributed by atoms with van der Waals surface area (Å²) in [6, 6.07) is 0. The molecule has 14 heavy (non-hydrogen) atoms. The molecular formula is C9H21N3O2. The lowest BCUT2D eigenvalue weighted by atomic mass is 10.3. The van der Waals surface area contributed by atoms with Gasteiger partial charge in [-0.2, -0.15) is 0 Å². The van der Waals surface area contributed by atoms with Crippen molar-refractivity contribution in [2.75, 3.05) is 59.5 Å². The monoisotopic (exact) mass is 203 g/mol. The molecule has 2 N–H and O–H groups in total. The van der Waals surface area contributed by atoms with E-state index in [0.29, 0.717) is 6.61 Å². The summed E-state index contributed by atoms with van der Waals surface area (Å²) in [6.07, 6.45) is 0. The van der Waals surface area contributed by atoms with Crippen LogP contribution >= 0.6 is 0 Å². The molecule has 0 aromatic carbocycles.